The van der Waals surface area contributed by atoms with Crippen LogP contribution < -0.4 is 24.4 Å². The van der Waals surface area contributed by atoms with E-state index in [0.29, 0.717) is 39.6 Å². The third-order valence-corrected chi connectivity index (χ3v) is 6.22. The van der Waals surface area contributed by atoms with Crippen molar-refractivity contribution in [2.75, 3.05) is 18.6 Å². The van der Waals surface area contributed by atoms with Gasteiger partial charge in [0, 0.05) is 0 Å². The first kappa shape index (κ1) is 26.7. The Balaban J connectivity index is 1.55. The Kier molecular flexibility index (Phi) is 8.28. The van der Waals surface area contributed by atoms with Crippen LogP contribution in [0.25, 0.3) is 6.08 Å². The van der Waals surface area contributed by atoms with Crippen LogP contribution in [-0.2, 0) is 16.2 Å². The van der Waals surface area contributed by atoms with Gasteiger partial charge < -0.3 is 14.2 Å². The van der Waals surface area contributed by atoms with Crippen molar-refractivity contribution in [2.45, 2.75) is 13.5 Å². The summed E-state index contributed by atoms with van der Waals surface area (Å²) in [5.41, 5.74) is 2.75. The minimum absolute atomic E-state index is 0.210. The van der Waals surface area contributed by atoms with E-state index in [2.05, 4.69) is 27.8 Å². The predicted octanol–water partition coefficient (Wildman–Crippen LogP) is 5.58. The molecule has 194 valence electrons. The van der Waals surface area contributed by atoms with E-state index in [-0.39, 0.29) is 12.2 Å². The maximum Gasteiger partial charge on any atom is 0.335 e. The Morgan fingerprint density at radius 2 is 1.71 bits per heavy atom. The summed E-state index contributed by atoms with van der Waals surface area (Å²) in [7, 11) is 1.48. The average Bonchev–Trinajstić information content (AvgIpc) is 2.90. The summed E-state index contributed by atoms with van der Waals surface area (Å²) in [6, 6.07) is 16.9. The first-order chi connectivity index (χ1) is 18.3. The fraction of sp³-hybridized carbons (Fsp3) is 0.138. The second-order valence-electron chi connectivity index (χ2n) is 8.36. The highest BCUT2D eigenvalue weighted by Gasteiger charge is 2.37. The number of carbonyl (C=O) groups excluding carboxylic acids is 3. The molecule has 0 saturated carbocycles. The number of carbonyl (C=O) groups is 3. The van der Waals surface area contributed by atoms with Crippen molar-refractivity contribution >= 4 is 45.5 Å². The quantitative estimate of drug-likeness (QED) is 0.203. The molecule has 0 spiro atoms. The molecule has 8 nitrogen and oxygen atoms in total. The van der Waals surface area contributed by atoms with E-state index in [1.807, 2.05) is 31.2 Å². The number of ether oxygens (including phenoxy) is 3. The van der Waals surface area contributed by atoms with Crippen LogP contribution in [-0.4, -0.2) is 31.6 Å². The van der Waals surface area contributed by atoms with Crippen LogP contribution in [0.15, 0.2) is 83.4 Å². The zero-order valence-electron chi connectivity index (χ0n) is 20.8. The molecular formula is C29H25BrN2O6. The van der Waals surface area contributed by atoms with Gasteiger partial charge in [-0.2, -0.15) is 0 Å². The molecule has 3 aromatic rings. The van der Waals surface area contributed by atoms with Gasteiger partial charge in [0.05, 0.1) is 17.3 Å². The van der Waals surface area contributed by atoms with E-state index < -0.39 is 17.8 Å². The monoisotopic (exact) mass is 576 g/mol. The molecular weight excluding hydrogens is 552 g/mol. The van der Waals surface area contributed by atoms with Crippen LogP contribution in [0.3, 0.4) is 0 Å². The van der Waals surface area contributed by atoms with Crippen molar-refractivity contribution in [3.05, 3.63) is 100 Å². The molecule has 1 aliphatic rings. The van der Waals surface area contributed by atoms with Gasteiger partial charge in [-0.15, -0.1) is 0 Å². The first-order valence-corrected chi connectivity index (χ1v) is 12.4. The van der Waals surface area contributed by atoms with Gasteiger partial charge in [-0.05, 0) is 76.5 Å². The Morgan fingerprint density at radius 3 is 2.37 bits per heavy atom. The summed E-state index contributed by atoms with van der Waals surface area (Å²) >= 11 is 3.43. The SMILES string of the molecule is C=CCOc1c(Br)cc(/C=C2\C(=O)NC(=O)N(c3ccc(OCc4ccc(C)cc4)cc3)C2=O)cc1OC. The number of benzene rings is 3. The minimum Gasteiger partial charge on any atom is -0.493 e. The Morgan fingerprint density at radius 1 is 1.00 bits per heavy atom. The van der Waals surface area contributed by atoms with Gasteiger partial charge in [-0.3, -0.25) is 14.9 Å². The predicted molar refractivity (Wildman–Crippen MR) is 147 cm³/mol. The molecule has 1 heterocycles. The van der Waals surface area contributed by atoms with Gasteiger partial charge in [-0.25, -0.2) is 9.69 Å². The fourth-order valence-electron chi connectivity index (χ4n) is 3.71. The maximum atomic E-state index is 13.3. The highest BCUT2D eigenvalue weighted by molar-refractivity contribution is 9.10. The van der Waals surface area contributed by atoms with Gasteiger partial charge in [0.25, 0.3) is 11.8 Å². The molecule has 3 aromatic carbocycles. The molecule has 4 amide bonds. The molecule has 0 aromatic heterocycles. The number of hydrogen-bond donors (Lipinski definition) is 1. The third kappa shape index (κ3) is 5.95. The van der Waals surface area contributed by atoms with Gasteiger partial charge in [0.15, 0.2) is 11.5 Å². The molecule has 1 aliphatic heterocycles. The average molecular weight is 577 g/mol. The van der Waals surface area contributed by atoms with Crippen LogP contribution >= 0.6 is 15.9 Å². The number of imide groups is 2. The molecule has 1 N–H and O–H groups in total. The van der Waals surface area contributed by atoms with E-state index in [9.17, 15) is 14.4 Å². The van der Waals surface area contributed by atoms with Crippen molar-refractivity contribution in [3.8, 4) is 17.2 Å². The topological polar surface area (TPSA) is 94.2 Å². The fourth-order valence-corrected chi connectivity index (χ4v) is 4.28. The van der Waals surface area contributed by atoms with Gasteiger partial charge in [0.1, 0.15) is 24.5 Å². The molecule has 0 unspecified atom stereocenters. The largest absolute Gasteiger partial charge is 0.493 e. The number of rotatable bonds is 9. The molecule has 0 aliphatic carbocycles. The number of urea groups is 1. The summed E-state index contributed by atoms with van der Waals surface area (Å²) in [5, 5.41) is 2.23. The van der Waals surface area contributed by atoms with Gasteiger partial charge in [-0.1, -0.05) is 42.5 Å². The van der Waals surface area contributed by atoms with E-state index in [0.717, 1.165) is 16.0 Å². The van der Waals surface area contributed by atoms with E-state index in [1.54, 1.807) is 42.5 Å². The lowest BCUT2D eigenvalue weighted by Crippen LogP contribution is -2.54. The summed E-state index contributed by atoms with van der Waals surface area (Å²) in [4.78, 5) is 39.4. The standard InChI is InChI=1S/C29H25BrN2O6/c1-4-13-37-26-24(30)15-20(16-25(26)36-3)14-23-27(33)31-29(35)32(28(23)34)21-9-11-22(12-10-21)38-17-19-7-5-18(2)6-8-19/h4-12,14-16H,1,13,17H2,2-3H3,(H,31,33,35)/b23-14+. The van der Waals surface area contributed by atoms with Crippen molar-refractivity contribution < 1.29 is 28.6 Å². The highest BCUT2D eigenvalue weighted by atomic mass is 79.9. The number of nitrogens with one attached hydrogen (secondary N) is 1. The summed E-state index contributed by atoms with van der Waals surface area (Å²) in [5.74, 6) is -0.131. The smallest absolute Gasteiger partial charge is 0.335 e. The zero-order valence-corrected chi connectivity index (χ0v) is 22.4. The minimum atomic E-state index is -0.836. The van der Waals surface area contributed by atoms with Crippen molar-refractivity contribution in [1.29, 1.82) is 0 Å². The van der Waals surface area contributed by atoms with E-state index in [4.69, 9.17) is 14.2 Å². The molecule has 0 bridgehead atoms. The molecule has 38 heavy (non-hydrogen) atoms. The van der Waals surface area contributed by atoms with Crippen LogP contribution in [0, 0.1) is 6.92 Å². The van der Waals surface area contributed by atoms with Crippen molar-refractivity contribution in [1.82, 2.24) is 5.32 Å². The summed E-state index contributed by atoms with van der Waals surface area (Å²) in [6.07, 6.45) is 2.99. The van der Waals surface area contributed by atoms with Gasteiger partial charge >= 0.3 is 6.03 Å². The number of aryl methyl sites for hydroxylation is 1. The van der Waals surface area contributed by atoms with Gasteiger partial charge in [0.2, 0.25) is 0 Å². The van der Waals surface area contributed by atoms with Crippen LogP contribution in [0.4, 0.5) is 10.5 Å². The number of anilines is 1. The van der Waals surface area contributed by atoms with Crippen molar-refractivity contribution in [2.24, 2.45) is 0 Å². The lowest BCUT2D eigenvalue weighted by atomic mass is 10.1. The maximum absolute atomic E-state index is 13.3. The normalized spacial score (nSPS) is 14.3. The van der Waals surface area contributed by atoms with E-state index in [1.165, 1.54) is 13.2 Å². The van der Waals surface area contributed by atoms with Crippen LogP contribution in [0.1, 0.15) is 16.7 Å². The van der Waals surface area contributed by atoms with Crippen molar-refractivity contribution in [3.63, 3.8) is 0 Å². The second kappa shape index (κ2) is 11.8. The Bertz CT molecular complexity index is 1410. The summed E-state index contributed by atoms with van der Waals surface area (Å²) < 4.78 is 17.4. The third-order valence-electron chi connectivity index (χ3n) is 5.63. The molecule has 4 rings (SSSR count). The molecule has 0 atom stereocenters. The molecule has 1 saturated heterocycles. The Hall–Kier alpha value is -4.37. The van der Waals surface area contributed by atoms with Crippen LogP contribution in [0.5, 0.6) is 17.2 Å². The Labute approximate surface area is 228 Å². The van der Waals surface area contributed by atoms with E-state index >= 15 is 0 Å². The number of methoxy groups -OCH3 is 1. The number of halogens is 1. The molecule has 1 fully saturated rings. The molecule has 9 heteroatoms. The highest BCUT2D eigenvalue weighted by Crippen LogP contribution is 2.37. The number of nitrogens with zero attached hydrogens (tertiary/aromatic N) is 1. The second-order valence-corrected chi connectivity index (χ2v) is 9.21. The number of barbiturate groups is 1. The lowest BCUT2D eigenvalue weighted by molar-refractivity contribution is -0.122. The number of hydrogen-bond acceptors (Lipinski definition) is 6. The van der Waals surface area contributed by atoms with Crippen LogP contribution in [0.2, 0.25) is 0 Å². The zero-order chi connectivity index (χ0) is 27.2. The number of amides is 4. The first-order valence-electron chi connectivity index (χ1n) is 11.6. The lowest BCUT2D eigenvalue weighted by Gasteiger charge is -2.26. The summed E-state index contributed by atoms with van der Waals surface area (Å²) in [6.45, 7) is 6.29. The molecule has 0 radical (unpaired) electrons.